The molecule has 124 valence electrons. The molecule has 0 saturated carbocycles. The first kappa shape index (κ1) is 15.9. The molecule has 0 aliphatic heterocycles. The summed E-state index contributed by atoms with van der Waals surface area (Å²) in [7, 11) is -3.79. The molecule has 3 N–H and O–H groups in total. The van der Waals surface area contributed by atoms with Crippen molar-refractivity contribution in [3.63, 3.8) is 0 Å². The number of imidazole rings is 1. The lowest BCUT2D eigenvalue weighted by molar-refractivity contribution is 0.601. The first-order valence-corrected chi connectivity index (χ1v) is 8.72. The molecule has 2 aromatic heterocycles. The Bertz CT molecular complexity index is 950. The van der Waals surface area contributed by atoms with Crippen molar-refractivity contribution in [2.24, 2.45) is 0 Å². The Kier molecular flexibility index (Phi) is 4.17. The Hall–Kier alpha value is -2.94. The van der Waals surface area contributed by atoms with Crippen LogP contribution in [0, 0.1) is 0 Å². The quantitative estimate of drug-likeness (QED) is 0.679. The summed E-state index contributed by atoms with van der Waals surface area (Å²) in [6.07, 6.45) is 5.64. The standard InChI is InChI=1S/C15H16N6O2S/c1-2-13-17-9-10-21(13)14-7-8-18-15(19-14)20-24(22,23)12-5-3-11(16)4-6-12/h3-10H,2,16H2,1H3,(H,18,19,20). The lowest BCUT2D eigenvalue weighted by Crippen LogP contribution is -2.16. The van der Waals surface area contributed by atoms with Crippen LogP contribution in [0.3, 0.4) is 0 Å². The number of nitrogens with zero attached hydrogens (tertiary/aromatic N) is 4. The number of nitrogen functional groups attached to an aromatic ring is 1. The molecule has 0 saturated heterocycles. The number of hydrogen-bond donors (Lipinski definition) is 2. The summed E-state index contributed by atoms with van der Waals surface area (Å²) in [6.45, 7) is 1.98. The molecule has 8 nitrogen and oxygen atoms in total. The average Bonchev–Trinajstić information content (AvgIpc) is 3.04. The van der Waals surface area contributed by atoms with E-state index in [9.17, 15) is 8.42 Å². The minimum absolute atomic E-state index is 0.0138. The zero-order valence-corrected chi connectivity index (χ0v) is 13.7. The fourth-order valence-electron chi connectivity index (χ4n) is 2.16. The summed E-state index contributed by atoms with van der Waals surface area (Å²) >= 11 is 0. The van der Waals surface area contributed by atoms with Crippen molar-refractivity contribution in [2.45, 2.75) is 18.2 Å². The fourth-order valence-corrected chi connectivity index (χ4v) is 3.11. The molecular formula is C15H16N6O2S. The summed E-state index contributed by atoms with van der Waals surface area (Å²) in [4.78, 5) is 12.5. The van der Waals surface area contributed by atoms with Crippen molar-refractivity contribution in [2.75, 3.05) is 10.5 Å². The van der Waals surface area contributed by atoms with Gasteiger partial charge < -0.3 is 5.73 Å². The molecule has 0 aliphatic rings. The second kappa shape index (κ2) is 6.28. The molecule has 24 heavy (non-hydrogen) atoms. The van der Waals surface area contributed by atoms with Crippen molar-refractivity contribution in [3.05, 3.63) is 54.7 Å². The minimum Gasteiger partial charge on any atom is -0.399 e. The topological polar surface area (TPSA) is 116 Å². The molecule has 3 aromatic rings. The first-order valence-electron chi connectivity index (χ1n) is 7.23. The number of nitrogens with one attached hydrogen (secondary N) is 1. The normalized spacial score (nSPS) is 11.4. The van der Waals surface area contributed by atoms with Crippen LogP contribution in [0.15, 0.2) is 53.8 Å². The van der Waals surface area contributed by atoms with Gasteiger partial charge in [-0.1, -0.05) is 6.92 Å². The zero-order valence-electron chi connectivity index (χ0n) is 12.9. The highest BCUT2D eigenvalue weighted by Crippen LogP contribution is 2.16. The number of aromatic nitrogens is 4. The number of anilines is 2. The van der Waals surface area contributed by atoms with E-state index in [1.54, 1.807) is 23.0 Å². The van der Waals surface area contributed by atoms with E-state index in [1.807, 2.05) is 6.92 Å². The molecule has 0 aliphatic carbocycles. The van der Waals surface area contributed by atoms with E-state index in [0.717, 1.165) is 12.2 Å². The highest BCUT2D eigenvalue weighted by atomic mass is 32.2. The van der Waals surface area contributed by atoms with Gasteiger partial charge in [-0.05, 0) is 30.3 Å². The van der Waals surface area contributed by atoms with E-state index in [4.69, 9.17) is 5.73 Å². The van der Waals surface area contributed by atoms with Crippen LogP contribution in [-0.2, 0) is 16.4 Å². The molecule has 9 heteroatoms. The molecule has 0 unspecified atom stereocenters. The van der Waals surface area contributed by atoms with E-state index < -0.39 is 10.0 Å². The Balaban J connectivity index is 1.91. The number of benzene rings is 1. The molecule has 0 amide bonds. The first-order chi connectivity index (χ1) is 11.5. The highest BCUT2D eigenvalue weighted by molar-refractivity contribution is 7.92. The SMILES string of the molecule is CCc1nccn1-c1ccnc(NS(=O)(=O)c2ccc(N)cc2)n1. The van der Waals surface area contributed by atoms with Crippen molar-refractivity contribution < 1.29 is 8.42 Å². The smallest absolute Gasteiger partial charge is 0.264 e. The molecular weight excluding hydrogens is 328 g/mol. The summed E-state index contributed by atoms with van der Waals surface area (Å²) < 4.78 is 28.9. The van der Waals surface area contributed by atoms with E-state index in [2.05, 4.69) is 19.7 Å². The van der Waals surface area contributed by atoms with Crippen molar-refractivity contribution in [3.8, 4) is 5.82 Å². The van der Waals surface area contributed by atoms with Crippen LogP contribution in [0.4, 0.5) is 11.6 Å². The molecule has 0 bridgehead atoms. The number of aryl methyl sites for hydroxylation is 1. The van der Waals surface area contributed by atoms with Gasteiger partial charge in [-0.3, -0.25) is 4.57 Å². The second-order valence-corrected chi connectivity index (χ2v) is 6.66. The van der Waals surface area contributed by atoms with Crippen LogP contribution in [0.1, 0.15) is 12.7 Å². The van der Waals surface area contributed by atoms with Crippen molar-refractivity contribution in [1.29, 1.82) is 0 Å². The van der Waals surface area contributed by atoms with Gasteiger partial charge in [0.2, 0.25) is 5.95 Å². The maximum Gasteiger partial charge on any atom is 0.264 e. The van der Waals surface area contributed by atoms with Gasteiger partial charge in [0.25, 0.3) is 10.0 Å². The van der Waals surface area contributed by atoms with Crippen molar-refractivity contribution >= 4 is 21.7 Å². The largest absolute Gasteiger partial charge is 0.399 e. The molecule has 0 fully saturated rings. The van der Waals surface area contributed by atoms with E-state index in [-0.39, 0.29) is 10.8 Å². The number of nitrogens with two attached hydrogens (primary N) is 1. The Morgan fingerprint density at radius 3 is 2.58 bits per heavy atom. The number of sulfonamides is 1. The molecule has 2 heterocycles. The van der Waals surface area contributed by atoms with Gasteiger partial charge in [0.1, 0.15) is 11.6 Å². The lowest BCUT2D eigenvalue weighted by Gasteiger charge is -2.09. The van der Waals surface area contributed by atoms with Gasteiger partial charge in [-0.25, -0.2) is 23.1 Å². The van der Waals surface area contributed by atoms with Gasteiger partial charge in [0.05, 0.1) is 4.90 Å². The van der Waals surface area contributed by atoms with Crippen LogP contribution >= 0.6 is 0 Å². The highest BCUT2D eigenvalue weighted by Gasteiger charge is 2.16. The van der Waals surface area contributed by atoms with E-state index in [1.165, 1.54) is 30.5 Å². The van der Waals surface area contributed by atoms with Gasteiger partial charge in [-0.15, -0.1) is 0 Å². The summed E-state index contributed by atoms with van der Waals surface area (Å²) in [5, 5.41) is 0. The maximum absolute atomic E-state index is 12.4. The third-order valence-corrected chi connectivity index (χ3v) is 4.68. The summed E-state index contributed by atoms with van der Waals surface area (Å²) in [5.74, 6) is 1.34. The number of hydrogen-bond acceptors (Lipinski definition) is 6. The van der Waals surface area contributed by atoms with E-state index in [0.29, 0.717) is 11.5 Å². The average molecular weight is 344 g/mol. The predicted molar refractivity (Wildman–Crippen MR) is 90.2 cm³/mol. The third kappa shape index (κ3) is 3.20. The van der Waals surface area contributed by atoms with Crippen LogP contribution in [0.2, 0.25) is 0 Å². The number of rotatable bonds is 5. The van der Waals surface area contributed by atoms with Crippen molar-refractivity contribution in [1.82, 2.24) is 19.5 Å². The van der Waals surface area contributed by atoms with Gasteiger partial charge in [-0.2, -0.15) is 4.98 Å². The monoisotopic (exact) mass is 344 g/mol. The zero-order chi connectivity index (χ0) is 17.2. The molecule has 3 rings (SSSR count). The molecule has 0 radical (unpaired) electrons. The Morgan fingerprint density at radius 1 is 1.12 bits per heavy atom. The van der Waals surface area contributed by atoms with Crippen LogP contribution in [-0.4, -0.2) is 27.9 Å². The Labute approximate surface area is 139 Å². The lowest BCUT2D eigenvalue weighted by atomic mass is 10.3. The van der Waals surface area contributed by atoms with Gasteiger partial charge >= 0.3 is 0 Å². The van der Waals surface area contributed by atoms with Crippen LogP contribution < -0.4 is 10.5 Å². The summed E-state index contributed by atoms with van der Waals surface area (Å²) in [6, 6.07) is 7.57. The molecule has 0 spiro atoms. The second-order valence-electron chi connectivity index (χ2n) is 4.98. The predicted octanol–water partition coefficient (Wildman–Crippen LogP) is 1.61. The fraction of sp³-hybridized carbons (Fsp3) is 0.133. The van der Waals surface area contributed by atoms with Gasteiger partial charge in [0.15, 0.2) is 0 Å². The maximum atomic E-state index is 12.4. The minimum atomic E-state index is -3.79. The third-order valence-electron chi connectivity index (χ3n) is 3.34. The van der Waals surface area contributed by atoms with E-state index >= 15 is 0 Å². The van der Waals surface area contributed by atoms with Gasteiger partial charge in [0, 0.05) is 30.7 Å². The van der Waals surface area contributed by atoms with Crippen LogP contribution in [0.25, 0.3) is 5.82 Å². The summed E-state index contributed by atoms with van der Waals surface area (Å²) in [5.41, 5.74) is 6.06. The Morgan fingerprint density at radius 2 is 1.88 bits per heavy atom. The molecule has 1 aromatic carbocycles. The molecule has 0 atom stereocenters. The van der Waals surface area contributed by atoms with Crippen LogP contribution in [0.5, 0.6) is 0 Å².